The van der Waals surface area contributed by atoms with Crippen molar-refractivity contribution in [2.75, 3.05) is 25.0 Å². The topological polar surface area (TPSA) is 49.8 Å². The molecular weight excluding hydrogens is 310 g/mol. The lowest BCUT2D eigenvalue weighted by Gasteiger charge is -2.32. The van der Waals surface area contributed by atoms with Gasteiger partial charge in [0.25, 0.3) is 5.91 Å². The lowest BCUT2D eigenvalue weighted by molar-refractivity contribution is 0.0160. The largest absolute Gasteiger partial charge is 0.508 e. The number of rotatable bonds is 4. The number of carbonyl (C=O) groups excluding carboxylic acids is 1. The predicted octanol–water partition coefficient (Wildman–Crippen LogP) is 2.41. The Kier molecular flexibility index (Phi) is 5.22. The van der Waals surface area contributed by atoms with E-state index in [1.54, 1.807) is 18.2 Å². The van der Waals surface area contributed by atoms with Crippen molar-refractivity contribution in [3.63, 3.8) is 0 Å². The second kappa shape index (κ2) is 6.91. The molecule has 0 radical (unpaired) electrons. The molecule has 1 aromatic rings. The number of likely N-dealkylation sites (tertiary alicyclic amines) is 1. The molecule has 0 aromatic heterocycles. The monoisotopic (exact) mass is 327 g/mol. The smallest absolute Gasteiger partial charge is 0.253 e. The summed E-state index contributed by atoms with van der Waals surface area (Å²) in [5.74, 6) is 0.108. The van der Waals surface area contributed by atoms with Crippen molar-refractivity contribution in [3.8, 4) is 5.75 Å². The second-order valence-corrected chi connectivity index (χ2v) is 5.39. The molecular formula is C14H18BrNO3. The molecule has 0 spiro atoms. The van der Waals surface area contributed by atoms with Crippen LogP contribution in [-0.2, 0) is 4.74 Å². The van der Waals surface area contributed by atoms with Gasteiger partial charge in [0.15, 0.2) is 0 Å². The Morgan fingerprint density at radius 1 is 1.42 bits per heavy atom. The Morgan fingerprint density at radius 2 is 2.16 bits per heavy atom. The summed E-state index contributed by atoms with van der Waals surface area (Å²) in [7, 11) is 0. The number of alkyl halides is 1. The van der Waals surface area contributed by atoms with Gasteiger partial charge in [-0.05, 0) is 31.0 Å². The third-order valence-electron chi connectivity index (χ3n) is 3.25. The van der Waals surface area contributed by atoms with Crippen LogP contribution in [0.2, 0.25) is 0 Å². The number of hydrogen-bond donors (Lipinski definition) is 1. The van der Waals surface area contributed by atoms with E-state index in [1.807, 2.05) is 4.90 Å². The van der Waals surface area contributed by atoms with E-state index in [2.05, 4.69) is 15.9 Å². The number of halogens is 1. The lowest BCUT2D eigenvalue weighted by Crippen LogP contribution is -2.41. The molecule has 1 aromatic carbocycles. The van der Waals surface area contributed by atoms with Crippen LogP contribution in [0.1, 0.15) is 23.2 Å². The molecule has 1 saturated heterocycles. The Morgan fingerprint density at radius 3 is 2.79 bits per heavy atom. The van der Waals surface area contributed by atoms with Gasteiger partial charge in [-0.15, -0.1) is 0 Å². The summed E-state index contributed by atoms with van der Waals surface area (Å²) in [5, 5.41) is 10.2. The van der Waals surface area contributed by atoms with Gasteiger partial charge in [-0.25, -0.2) is 0 Å². The third kappa shape index (κ3) is 3.94. The molecule has 1 N–H and O–H groups in total. The van der Waals surface area contributed by atoms with Gasteiger partial charge in [0.2, 0.25) is 0 Å². The normalized spacial score (nSPS) is 16.6. The van der Waals surface area contributed by atoms with E-state index in [0.717, 1.165) is 18.2 Å². The van der Waals surface area contributed by atoms with Crippen LogP contribution in [-0.4, -0.2) is 47.0 Å². The quantitative estimate of drug-likeness (QED) is 0.864. The minimum absolute atomic E-state index is 0.0187. The summed E-state index contributed by atoms with van der Waals surface area (Å²) < 4.78 is 5.66. The molecule has 1 fully saturated rings. The molecule has 19 heavy (non-hydrogen) atoms. The molecule has 1 aliphatic heterocycles. The van der Waals surface area contributed by atoms with Crippen LogP contribution < -0.4 is 0 Å². The molecule has 0 bridgehead atoms. The van der Waals surface area contributed by atoms with E-state index in [0.29, 0.717) is 25.3 Å². The van der Waals surface area contributed by atoms with E-state index in [4.69, 9.17) is 4.74 Å². The number of phenolic OH excluding ortho intramolecular Hbond substituents is 1. The summed E-state index contributed by atoms with van der Waals surface area (Å²) in [5.41, 5.74) is 0.542. The van der Waals surface area contributed by atoms with Crippen LogP contribution in [0.5, 0.6) is 5.75 Å². The van der Waals surface area contributed by atoms with Crippen LogP contribution >= 0.6 is 15.9 Å². The van der Waals surface area contributed by atoms with Gasteiger partial charge in [0.05, 0.1) is 12.7 Å². The van der Waals surface area contributed by atoms with Crippen molar-refractivity contribution in [1.82, 2.24) is 4.90 Å². The highest BCUT2D eigenvalue weighted by atomic mass is 79.9. The summed E-state index contributed by atoms with van der Waals surface area (Å²) >= 11 is 3.34. The predicted molar refractivity (Wildman–Crippen MR) is 76.8 cm³/mol. The standard InChI is InChI=1S/C14H18BrNO3/c15-6-9-19-13-4-7-16(8-5-13)14(18)11-2-1-3-12(17)10-11/h1-3,10,13,17H,4-9H2. The molecule has 0 aliphatic carbocycles. The highest BCUT2D eigenvalue weighted by Gasteiger charge is 2.23. The number of phenols is 1. The van der Waals surface area contributed by atoms with Crippen molar-refractivity contribution in [2.24, 2.45) is 0 Å². The Hall–Kier alpha value is -1.07. The maximum absolute atomic E-state index is 12.2. The van der Waals surface area contributed by atoms with Crippen molar-refractivity contribution in [2.45, 2.75) is 18.9 Å². The van der Waals surface area contributed by atoms with Gasteiger partial charge < -0.3 is 14.7 Å². The molecule has 0 saturated carbocycles. The first-order valence-electron chi connectivity index (χ1n) is 6.46. The van der Waals surface area contributed by atoms with Gasteiger partial charge in [-0.3, -0.25) is 4.79 Å². The van der Waals surface area contributed by atoms with E-state index >= 15 is 0 Å². The second-order valence-electron chi connectivity index (χ2n) is 4.60. The van der Waals surface area contributed by atoms with Crippen LogP contribution in [0, 0.1) is 0 Å². The summed E-state index contributed by atoms with van der Waals surface area (Å²) in [6, 6.07) is 6.50. The summed E-state index contributed by atoms with van der Waals surface area (Å²) in [4.78, 5) is 14.1. The minimum Gasteiger partial charge on any atom is -0.508 e. The zero-order valence-electron chi connectivity index (χ0n) is 10.7. The van der Waals surface area contributed by atoms with Crippen molar-refractivity contribution >= 4 is 21.8 Å². The number of aromatic hydroxyl groups is 1. The summed E-state index contributed by atoms with van der Waals surface area (Å²) in [6.07, 6.45) is 2.00. The zero-order chi connectivity index (χ0) is 13.7. The lowest BCUT2D eigenvalue weighted by atomic mass is 10.1. The first-order chi connectivity index (χ1) is 9.20. The number of ether oxygens (including phenoxy) is 1. The Bertz CT molecular complexity index is 430. The fourth-order valence-electron chi connectivity index (χ4n) is 2.26. The molecule has 4 nitrogen and oxygen atoms in total. The van der Waals surface area contributed by atoms with Crippen LogP contribution in [0.4, 0.5) is 0 Å². The molecule has 5 heteroatoms. The Balaban J connectivity index is 1.89. The van der Waals surface area contributed by atoms with Crippen molar-refractivity contribution in [1.29, 1.82) is 0 Å². The highest BCUT2D eigenvalue weighted by Crippen LogP contribution is 2.18. The minimum atomic E-state index is -0.0187. The molecule has 0 unspecified atom stereocenters. The fourth-order valence-corrected chi connectivity index (χ4v) is 2.45. The van der Waals surface area contributed by atoms with Gasteiger partial charge in [-0.2, -0.15) is 0 Å². The van der Waals surface area contributed by atoms with E-state index < -0.39 is 0 Å². The number of nitrogens with zero attached hydrogens (tertiary/aromatic N) is 1. The summed E-state index contributed by atoms with van der Waals surface area (Å²) in [6.45, 7) is 2.13. The molecule has 1 heterocycles. The van der Waals surface area contributed by atoms with E-state index in [-0.39, 0.29) is 17.8 Å². The van der Waals surface area contributed by atoms with Gasteiger partial charge >= 0.3 is 0 Å². The average molecular weight is 328 g/mol. The van der Waals surface area contributed by atoms with Gasteiger partial charge in [-0.1, -0.05) is 22.0 Å². The fraction of sp³-hybridized carbons (Fsp3) is 0.500. The van der Waals surface area contributed by atoms with Crippen molar-refractivity contribution in [3.05, 3.63) is 29.8 Å². The van der Waals surface area contributed by atoms with E-state index in [9.17, 15) is 9.90 Å². The van der Waals surface area contributed by atoms with Crippen LogP contribution in [0.3, 0.4) is 0 Å². The Labute approximate surface area is 121 Å². The first-order valence-corrected chi connectivity index (χ1v) is 7.58. The van der Waals surface area contributed by atoms with Gasteiger partial charge in [0.1, 0.15) is 5.75 Å². The maximum atomic E-state index is 12.2. The number of hydrogen-bond acceptors (Lipinski definition) is 3. The first kappa shape index (κ1) is 14.3. The third-order valence-corrected chi connectivity index (χ3v) is 3.58. The van der Waals surface area contributed by atoms with Gasteiger partial charge in [0, 0.05) is 24.0 Å². The van der Waals surface area contributed by atoms with Crippen LogP contribution in [0.15, 0.2) is 24.3 Å². The number of piperidine rings is 1. The van der Waals surface area contributed by atoms with Crippen molar-refractivity contribution < 1.29 is 14.6 Å². The van der Waals surface area contributed by atoms with E-state index in [1.165, 1.54) is 6.07 Å². The number of benzene rings is 1. The average Bonchev–Trinajstić information content (AvgIpc) is 2.45. The zero-order valence-corrected chi connectivity index (χ0v) is 12.3. The SMILES string of the molecule is O=C(c1cccc(O)c1)N1CCC(OCCBr)CC1. The van der Waals surface area contributed by atoms with Crippen LogP contribution in [0.25, 0.3) is 0 Å². The molecule has 0 atom stereocenters. The number of carbonyl (C=O) groups is 1. The number of amides is 1. The molecule has 1 amide bonds. The molecule has 1 aliphatic rings. The maximum Gasteiger partial charge on any atom is 0.253 e. The molecule has 2 rings (SSSR count). The molecule has 104 valence electrons. The highest BCUT2D eigenvalue weighted by molar-refractivity contribution is 9.09.